The first-order valence-electron chi connectivity index (χ1n) is 7.21. The van der Waals surface area contributed by atoms with E-state index >= 15 is 0 Å². The van der Waals surface area contributed by atoms with Crippen LogP contribution >= 0.6 is 11.6 Å². The Kier molecular flexibility index (Phi) is 4.51. The highest BCUT2D eigenvalue weighted by Crippen LogP contribution is 2.38. The summed E-state index contributed by atoms with van der Waals surface area (Å²) in [4.78, 5) is 11.8. The van der Waals surface area contributed by atoms with Gasteiger partial charge in [-0.25, -0.2) is 0 Å². The molecule has 0 spiro atoms. The molecule has 2 aliphatic rings. The molecule has 0 aromatic heterocycles. The van der Waals surface area contributed by atoms with Crippen molar-refractivity contribution in [2.24, 2.45) is 0 Å². The van der Waals surface area contributed by atoms with Crippen LogP contribution in [0.5, 0.6) is 11.5 Å². The number of carbonyl (C=O) groups excluding carboxylic acids is 1. The van der Waals surface area contributed by atoms with E-state index in [1.54, 1.807) is 0 Å². The first kappa shape index (κ1) is 14.5. The Morgan fingerprint density at radius 2 is 2.14 bits per heavy atom. The van der Waals surface area contributed by atoms with Crippen LogP contribution < -0.4 is 14.8 Å². The molecule has 1 aromatic carbocycles. The van der Waals surface area contributed by atoms with Crippen LogP contribution in [0.15, 0.2) is 12.1 Å². The van der Waals surface area contributed by atoms with Crippen molar-refractivity contribution in [2.45, 2.75) is 25.4 Å². The van der Waals surface area contributed by atoms with Gasteiger partial charge in [0.2, 0.25) is 5.91 Å². The predicted molar refractivity (Wildman–Crippen MR) is 78.1 cm³/mol. The second-order valence-corrected chi connectivity index (χ2v) is 5.55. The van der Waals surface area contributed by atoms with Gasteiger partial charge in [0, 0.05) is 13.2 Å². The number of halogens is 1. The lowest BCUT2D eigenvalue weighted by atomic mass is 10.1. The van der Waals surface area contributed by atoms with E-state index in [1.165, 1.54) is 0 Å². The van der Waals surface area contributed by atoms with Crippen LogP contribution in [0, 0.1) is 0 Å². The average Bonchev–Trinajstić information content (AvgIpc) is 3.01. The van der Waals surface area contributed by atoms with Crippen LogP contribution in [-0.4, -0.2) is 38.4 Å². The quantitative estimate of drug-likeness (QED) is 0.923. The van der Waals surface area contributed by atoms with Crippen LogP contribution in [0.1, 0.15) is 18.4 Å². The highest BCUT2D eigenvalue weighted by molar-refractivity contribution is 6.32. The summed E-state index contributed by atoms with van der Waals surface area (Å²) >= 11 is 6.18. The first-order valence-corrected chi connectivity index (χ1v) is 7.59. The van der Waals surface area contributed by atoms with Crippen molar-refractivity contribution >= 4 is 17.5 Å². The first-order chi connectivity index (χ1) is 10.2. The van der Waals surface area contributed by atoms with E-state index < -0.39 is 0 Å². The predicted octanol–water partition coefficient (Wildman–Crippen LogP) is 1.95. The van der Waals surface area contributed by atoms with E-state index in [0.29, 0.717) is 49.3 Å². The number of amides is 1. The SMILES string of the molecule is O=C(NCCc1cc(Cl)c2c(c1)OCCO2)[C@@H]1CCCO1. The summed E-state index contributed by atoms with van der Waals surface area (Å²) in [6.45, 7) is 2.27. The Hall–Kier alpha value is -1.46. The van der Waals surface area contributed by atoms with Crippen molar-refractivity contribution in [1.29, 1.82) is 0 Å². The number of rotatable bonds is 4. The van der Waals surface area contributed by atoms with Crippen LogP contribution in [0.25, 0.3) is 0 Å². The molecule has 1 atom stereocenters. The zero-order chi connectivity index (χ0) is 14.7. The Morgan fingerprint density at radius 1 is 1.29 bits per heavy atom. The van der Waals surface area contributed by atoms with Crippen molar-refractivity contribution in [3.05, 3.63) is 22.7 Å². The van der Waals surface area contributed by atoms with Crippen LogP contribution in [-0.2, 0) is 16.0 Å². The maximum atomic E-state index is 11.8. The fourth-order valence-corrected chi connectivity index (χ4v) is 2.82. The fourth-order valence-electron chi connectivity index (χ4n) is 2.54. The summed E-state index contributed by atoms with van der Waals surface area (Å²) in [6.07, 6.45) is 2.17. The summed E-state index contributed by atoms with van der Waals surface area (Å²) in [5, 5.41) is 3.44. The second-order valence-electron chi connectivity index (χ2n) is 5.14. The molecule has 1 saturated heterocycles. The van der Waals surface area contributed by atoms with E-state index in [9.17, 15) is 4.79 Å². The normalized spacial score (nSPS) is 20.3. The third-order valence-corrected chi connectivity index (χ3v) is 3.87. The molecule has 0 radical (unpaired) electrons. The maximum absolute atomic E-state index is 11.8. The molecule has 0 bridgehead atoms. The topological polar surface area (TPSA) is 56.8 Å². The third kappa shape index (κ3) is 3.41. The van der Waals surface area contributed by atoms with E-state index in [0.717, 1.165) is 18.4 Å². The fraction of sp³-hybridized carbons (Fsp3) is 0.533. The summed E-state index contributed by atoms with van der Waals surface area (Å²) < 4.78 is 16.4. The van der Waals surface area contributed by atoms with E-state index in [2.05, 4.69) is 5.32 Å². The number of carbonyl (C=O) groups is 1. The second kappa shape index (κ2) is 6.54. The largest absolute Gasteiger partial charge is 0.486 e. The molecule has 1 amide bonds. The molecule has 0 unspecified atom stereocenters. The standard InChI is InChI=1S/C15H18ClNO4/c16-11-8-10(9-13-14(11)21-7-6-20-13)3-4-17-15(18)12-2-1-5-19-12/h8-9,12H,1-7H2,(H,17,18)/t12-/m0/s1. The Labute approximate surface area is 128 Å². The van der Waals surface area contributed by atoms with E-state index in [4.69, 9.17) is 25.8 Å². The van der Waals surface area contributed by atoms with Crippen molar-refractivity contribution in [2.75, 3.05) is 26.4 Å². The molecular formula is C15H18ClNO4. The van der Waals surface area contributed by atoms with Gasteiger partial charge in [-0.3, -0.25) is 4.79 Å². The number of ether oxygens (including phenoxy) is 3. The molecule has 114 valence electrons. The molecule has 0 saturated carbocycles. The Morgan fingerprint density at radius 3 is 2.95 bits per heavy atom. The average molecular weight is 312 g/mol. The summed E-state index contributed by atoms with van der Waals surface area (Å²) in [6, 6.07) is 3.77. The Bertz CT molecular complexity index is 529. The smallest absolute Gasteiger partial charge is 0.249 e. The van der Waals surface area contributed by atoms with Gasteiger partial charge < -0.3 is 19.5 Å². The van der Waals surface area contributed by atoms with Gasteiger partial charge in [-0.1, -0.05) is 11.6 Å². The number of fused-ring (bicyclic) bond motifs is 1. The molecule has 3 rings (SSSR count). The van der Waals surface area contributed by atoms with Crippen molar-refractivity contribution in [1.82, 2.24) is 5.32 Å². The molecule has 6 heteroatoms. The highest BCUT2D eigenvalue weighted by Gasteiger charge is 2.23. The third-order valence-electron chi connectivity index (χ3n) is 3.59. The van der Waals surface area contributed by atoms with Gasteiger partial charge in [-0.15, -0.1) is 0 Å². The molecular weight excluding hydrogens is 294 g/mol. The van der Waals surface area contributed by atoms with Gasteiger partial charge in [0.1, 0.15) is 19.3 Å². The van der Waals surface area contributed by atoms with Gasteiger partial charge in [0.15, 0.2) is 11.5 Å². The van der Waals surface area contributed by atoms with Gasteiger partial charge in [0.05, 0.1) is 5.02 Å². The number of hydrogen-bond acceptors (Lipinski definition) is 4. The van der Waals surface area contributed by atoms with Crippen molar-refractivity contribution in [3.63, 3.8) is 0 Å². The van der Waals surface area contributed by atoms with Gasteiger partial charge in [-0.2, -0.15) is 0 Å². The van der Waals surface area contributed by atoms with Crippen molar-refractivity contribution < 1.29 is 19.0 Å². The Balaban J connectivity index is 1.55. The molecule has 21 heavy (non-hydrogen) atoms. The molecule has 1 aromatic rings. The van der Waals surface area contributed by atoms with Crippen LogP contribution in [0.4, 0.5) is 0 Å². The number of benzene rings is 1. The zero-order valence-electron chi connectivity index (χ0n) is 11.7. The summed E-state index contributed by atoms with van der Waals surface area (Å²) in [5.74, 6) is 1.25. The van der Waals surface area contributed by atoms with Crippen molar-refractivity contribution in [3.8, 4) is 11.5 Å². The van der Waals surface area contributed by atoms with Gasteiger partial charge in [0.25, 0.3) is 0 Å². The monoisotopic (exact) mass is 311 g/mol. The van der Waals surface area contributed by atoms with Crippen LogP contribution in [0.3, 0.4) is 0 Å². The van der Waals surface area contributed by atoms with E-state index in [1.807, 2.05) is 12.1 Å². The molecule has 2 heterocycles. The van der Waals surface area contributed by atoms with Gasteiger partial charge in [-0.05, 0) is 37.0 Å². The minimum atomic E-state index is -0.283. The lowest BCUT2D eigenvalue weighted by Gasteiger charge is -2.20. The zero-order valence-corrected chi connectivity index (χ0v) is 12.4. The van der Waals surface area contributed by atoms with Gasteiger partial charge >= 0.3 is 0 Å². The minimum absolute atomic E-state index is 0.0314. The lowest BCUT2D eigenvalue weighted by Crippen LogP contribution is -2.35. The summed E-state index contributed by atoms with van der Waals surface area (Å²) in [5.41, 5.74) is 1.01. The minimum Gasteiger partial charge on any atom is -0.486 e. The number of nitrogens with one attached hydrogen (secondary N) is 1. The molecule has 1 N–H and O–H groups in total. The molecule has 5 nitrogen and oxygen atoms in total. The summed E-state index contributed by atoms with van der Waals surface area (Å²) in [7, 11) is 0. The van der Waals surface area contributed by atoms with E-state index in [-0.39, 0.29) is 12.0 Å². The molecule has 0 aliphatic carbocycles. The molecule has 2 aliphatic heterocycles. The van der Waals surface area contributed by atoms with Crippen LogP contribution in [0.2, 0.25) is 5.02 Å². The molecule has 1 fully saturated rings. The lowest BCUT2D eigenvalue weighted by molar-refractivity contribution is -0.129. The highest BCUT2D eigenvalue weighted by atomic mass is 35.5. The maximum Gasteiger partial charge on any atom is 0.249 e. The number of hydrogen-bond donors (Lipinski definition) is 1.